The third-order valence-corrected chi connectivity index (χ3v) is 8.78. The van der Waals surface area contributed by atoms with E-state index < -0.39 is 0 Å². The minimum atomic E-state index is -0.0958. The van der Waals surface area contributed by atoms with Gasteiger partial charge < -0.3 is 0 Å². The molecule has 0 radical (unpaired) electrons. The van der Waals surface area contributed by atoms with Gasteiger partial charge >= 0.3 is 0 Å². The van der Waals surface area contributed by atoms with Crippen LogP contribution in [0, 0.1) is 34.0 Å². The average molecular weight is 560 g/mol. The number of nitrogens with zero attached hydrogens (tertiary/aromatic N) is 5. The topological polar surface area (TPSA) is 97.1 Å². The smallest absolute Gasteiger partial charge is 0.161 e. The van der Waals surface area contributed by atoms with Crippen molar-refractivity contribution in [3.63, 3.8) is 0 Å². The molecule has 3 aliphatic carbocycles. The van der Waals surface area contributed by atoms with Crippen LogP contribution in [0.15, 0.2) is 115 Å². The molecule has 0 saturated heterocycles. The predicted molar refractivity (Wildman–Crippen MR) is 167 cm³/mol. The zero-order valence-corrected chi connectivity index (χ0v) is 23.4. The van der Waals surface area contributed by atoms with Crippen molar-refractivity contribution >= 4 is 0 Å². The van der Waals surface area contributed by atoms with Crippen LogP contribution in [0.1, 0.15) is 61.9 Å². The van der Waals surface area contributed by atoms with Crippen LogP contribution in [0.5, 0.6) is 0 Å². The standard InChI is InChI=1S/C39H21N5/c40-20-23-15-16-29-31(17-23)36-28-14-8-7-13-27(28)35(29)32-18-26(21-41)30(19-33(32)36)39-43-37(24-9-3-1-4-10-24)34(22-42)38(44-39)25-11-5-2-6-12-25/h1-19,35-36H. The van der Waals surface area contributed by atoms with Gasteiger partial charge in [-0.05, 0) is 57.6 Å². The second kappa shape index (κ2) is 9.88. The minimum absolute atomic E-state index is 0.0447. The first kappa shape index (κ1) is 25.4. The molecule has 6 aromatic rings. The van der Waals surface area contributed by atoms with E-state index in [9.17, 15) is 15.8 Å². The van der Waals surface area contributed by atoms with Crippen LogP contribution in [0.3, 0.4) is 0 Å². The lowest BCUT2D eigenvalue weighted by Gasteiger charge is -2.42. The first-order valence-electron chi connectivity index (χ1n) is 14.3. The molecule has 9 rings (SSSR count). The molecule has 0 aliphatic heterocycles. The molecule has 0 saturated carbocycles. The first-order chi connectivity index (χ1) is 21.7. The summed E-state index contributed by atoms with van der Waals surface area (Å²) in [5, 5.41) is 30.5. The molecule has 2 atom stereocenters. The highest BCUT2D eigenvalue weighted by molar-refractivity contribution is 5.82. The maximum atomic E-state index is 10.5. The quantitative estimate of drug-likeness (QED) is 0.218. The summed E-state index contributed by atoms with van der Waals surface area (Å²) in [5.41, 5.74) is 11.6. The lowest BCUT2D eigenvalue weighted by molar-refractivity contribution is 0.753. The summed E-state index contributed by atoms with van der Waals surface area (Å²) >= 11 is 0. The molecule has 44 heavy (non-hydrogen) atoms. The van der Waals surface area contributed by atoms with Gasteiger partial charge in [0.15, 0.2) is 5.82 Å². The van der Waals surface area contributed by atoms with Gasteiger partial charge in [0.2, 0.25) is 0 Å². The van der Waals surface area contributed by atoms with Crippen molar-refractivity contribution in [2.45, 2.75) is 11.8 Å². The summed E-state index contributed by atoms with van der Waals surface area (Å²) in [6, 6.07) is 44.8. The number of benzene rings is 5. The Balaban J connectivity index is 1.41. The normalized spacial score (nSPS) is 15.2. The van der Waals surface area contributed by atoms with Crippen LogP contribution in [-0.2, 0) is 0 Å². The number of hydrogen-bond acceptors (Lipinski definition) is 5. The Hall–Kier alpha value is -6.35. The first-order valence-corrected chi connectivity index (χ1v) is 14.3. The minimum Gasteiger partial charge on any atom is -0.227 e. The lowest BCUT2D eigenvalue weighted by atomic mass is 9.60. The number of nitriles is 3. The van der Waals surface area contributed by atoms with Crippen molar-refractivity contribution in [1.29, 1.82) is 15.8 Å². The van der Waals surface area contributed by atoms with Gasteiger partial charge in [0.25, 0.3) is 0 Å². The second-order valence-electron chi connectivity index (χ2n) is 11.1. The molecule has 5 aromatic carbocycles. The monoisotopic (exact) mass is 559 g/mol. The van der Waals surface area contributed by atoms with Gasteiger partial charge in [-0.3, -0.25) is 0 Å². The highest BCUT2D eigenvalue weighted by atomic mass is 14.9. The zero-order chi connectivity index (χ0) is 29.8. The van der Waals surface area contributed by atoms with E-state index in [2.05, 4.69) is 54.6 Å². The highest BCUT2D eigenvalue weighted by Gasteiger charge is 2.42. The molecule has 1 aromatic heterocycles. The predicted octanol–water partition coefficient (Wildman–Crippen LogP) is 8.08. The summed E-state index contributed by atoms with van der Waals surface area (Å²) in [6.07, 6.45) is 0. The largest absolute Gasteiger partial charge is 0.227 e. The van der Waals surface area contributed by atoms with E-state index in [1.807, 2.05) is 78.9 Å². The second-order valence-corrected chi connectivity index (χ2v) is 11.1. The Labute approximate surface area is 254 Å². The third kappa shape index (κ3) is 3.69. The summed E-state index contributed by atoms with van der Waals surface area (Å²) in [4.78, 5) is 9.96. The van der Waals surface area contributed by atoms with Gasteiger partial charge in [0, 0.05) is 28.5 Å². The van der Waals surface area contributed by atoms with Crippen molar-refractivity contribution in [1.82, 2.24) is 9.97 Å². The van der Waals surface area contributed by atoms with Gasteiger partial charge in [0.1, 0.15) is 11.6 Å². The Kier molecular flexibility index (Phi) is 5.70. The van der Waals surface area contributed by atoms with Crippen molar-refractivity contribution in [2.75, 3.05) is 0 Å². The van der Waals surface area contributed by atoms with Crippen LogP contribution in [0.25, 0.3) is 33.9 Å². The molecular formula is C39H21N5. The van der Waals surface area contributed by atoms with Gasteiger partial charge in [-0.1, -0.05) is 91.0 Å². The molecule has 5 heteroatoms. The summed E-state index contributed by atoms with van der Waals surface area (Å²) in [7, 11) is 0. The van der Waals surface area contributed by atoms with E-state index >= 15 is 0 Å². The molecule has 5 nitrogen and oxygen atoms in total. The zero-order valence-electron chi connectivity index (χ0n) is 23.4. The summed E-state index contributed by atoms with van der Waals surface area (Å²) in [5.74, 6) is 0.250. The van der Waals surface area contributed by atoms with E-state index in [0.717, 1.165) is 27.8 Å². The maximum absolute atomic E-state index is 10.5. The molecule has 202 valence electrons. The highest BCUT2D eigenvalue weighted by Crippen LogP contribution is 2.56. The molecule has 0 spiro atoms. The molecule has 2 unspecified atom stereocenters. The van der Waals surface area contributed by atoms with E-state index in [0.29, 0.717) is 39.5 Å². The van der Waals surface area contributed by atoms with Crippen molar-refractivity contribution in [3.05, 3.63) is 165 Å². The summed E-state index contributed by atoms with van der Waals surface area (Å²) < 4.78 is 0. The van der Waals surface area contributed by atoms with Crippen LogP contribution in [-0.4, -0.2) is 9.97 Å². The van der Waals surface area contributed by atoms with Gasteiger partial charge in [-0.25, -0.2) is 9.97 Å². The van der Waals surface area contributed by atoms with Gasteiger partial charge in [0.05, 0.1) is 34.7 Å². The fourth-order valence-electron chi connectivity index (χ4n) is 6.91. The van der Waals surface area contributed by atoms with Crippen LogP contribution >= 0.6 is 0 Å². The Morgan fingerprint density at radius 2 is 1.00 bits per heavy atom. The summed E-state index contributed by atoms with van der Waals surface area (Å²) in [6.45, 7) is 0. The van der Waals surface area contributed by atoms with Crippen molar-refractivity contribution in [2.24, 2.45) is 0 Å². The molecule has 2 bridgehead atoms. The third-order valence-electron chi connectivity index (χ3n) is 8.78. The Bertz CT molecular complexity index is 2210. The molecule has 1 heterocycles. The molecule has 0 fully saturated rings. The molecular weight excluding hydrogens is 538 g/mol. The van der Waals surface area contributed by atoms with E-state index in [1.165, 1.54) is 16.7 Å². The number of rotatable bonds is 3. The Morgan fingerprint density at radius 3 is 1.57 bits per heavy atom. The van der Waals surface area contributed by atoms with Crippen LogP contribution < -0.4 is 0 Å². The lowest BCUT2D eigenvalue weighted by Crippen LogP contribution is -2.28. The van der Waals surface area contributed by atoms with Crippen molar-refractivity contribution in [3.8, 4) is 52.1 Å². The fraction of sp³-hybridized carbons (Fsp3) is 0.0513. The van der Waals surface area contributed by atoms with Gasteiger partial charge in [-0.15, -0.1) is 0 Å². The fourth-order valence-corrected chi connectivity index (χ4v) is 6.91. The SMILES string of the molecule is N#Cc1ccc2c(c1)C1c3ccccc3C2c2cc(C#N)c(-c3nc(-c4ccccc4)c(C#N)c(-c4ccccc4)n3)cc21. The molecule has 0 N–H and O–H groups in total. The van der Waals surface area contributed by atoms with E-state index in [1.54, 1.807) is 0 Å². The molecule has 0 amide bonds. The average Bonchev–Trinajstić information content (AvgIpc) is 3.10. The van der Waals surface area contributed by atoms with E-state index in [4.69, 9.17) is 9.97 Å². The van der Waals surface area contributed by atoms with Crippen LogP contribution in [0.4, 0.5) is 0 Å². The number of hydrogen-bond donors (Lipinski definition) is 0. The van der Waals surface area contributed by atoms with E-state index in [-0.39, 0.29) is 11.8 Å². The van der Waals surface area contributed by atoms with Crippen molar-refractivity contribution < 1.29 is 0 Å². The maximum Gasteiger partial charge on any atom is 0.161 e. The van der Waals surface area contributed by atoms with Crippen LogP contribution in [0.2, 0.25) is 0 Å². The Morgan fingerprint density at radius 1 is 0.477 bits per heavy atom. The number of aromatic nitrogens is 2. The van der Waals surface area contributed by atoms with Gasteiger partial charge in [-0.2, -0.15) is 15.8 Å². The molecule has 3 aliphatic rings.